The van der Waals surface area contributed by atoms with E-state index >= 15 is 0 Å². The van der Waals surface area contributed by atoms with Crippen LogP contribution in [0.15, 0.2) is 24.3 Å². The van der Waals surface area contributed by atoms with Crippen molar-refractivity contribution in [2.24, 2.45) is 0 Å². The fourth-order valence-corrected chi connectivity index (χ4v) is 2.07. The van der Waals surface area contributed by atoms with Crippen molar-refractivity contribution < 1.29 is 17.5 Å². The van der Waals surface area contributed by atoms with Gasteiger partial charge in [0.05, 0.1) is 16.7 Å². The van der Waals surface area contributed by atoms with Gasteiger partial charge in [-0.2, -0.15) is 8.42 Å². The molecule has 0 unspecified atom stereocenters. The molecule has 0 aliphatic heterocycles. The number of benzene rings is 1. The molecule has 0 saturated carbocycles. The third kappa shape index (κ3) is 3.50. The van der Waals surface area contributed by atoms with Crippen LogP contribution < -0.4 is 4.18 Å². The van der Waals surface area contributed by atoms with E-state index in [2.05, 4.69) is 0 Å². The Bertz CT molecular complexity index is 482. The number of rotatable bonds is 5. The summed E-state index contributed by atoms with van der Waals surface area (Å²) in [6.45, 7) is 1.70. The number of nitro groups is 1. The summed E-state index contributed by atoms with van der Waals surface area (Å²) in [4.78, 5) is 9.83. The molecule has 88 valence electrons. The van der Waals surface area contributed by atoms with Crippen molar-refractivity contribution in [3.63, 3.8) is 0 Å². The van der Waals surface area contributed by atoms with E-state index in [0.29, 0.717) is 6.42 Å². The zero-order valence-corrected chi connectivity index (χ0v) is 9.44. The Hall–Kier alpha value is -1.63. The van der Waals surface area contributed by atoms with Crippen LogP contribution in [0.1, 0.15) is 13.3 Å². The first kappa shape index (κ1) is 12.4. The zero-order valence-electron chi connectivity index (χ0n) is 8.62. The van der Waals surface area contributed by atoms with Gasteiger partial charge in [0.2, 0.25) is 0 Å². The molecule has 0 aliphatic carbocycles. The van der Waals surface area contributed by atoms with E-state index in [9.17, 15) is 18.5 Å². The first-order chi connectivity index (χ1) is 7.44. The number of hydrogen-bond donors (Lipinski definition) is 0. The van der Waals surface area contributed by atoms with Crippen LogP contribution in [0, 0.1) is 10.1 Å². The number of nitrogens with zero attached hydrogens (tertiary/aromatic N) is 1. The Balaban J connectivity index is 2.90. The van der Waals surface area contributed by atoms with Crippen LogP contribution >= 0.6 is 0 Å². The van der Waals surface area contributed by atoms with Gasteiger partial charge in [-0.05, 0) is 12.5 Å². The van der Waals surface area contributed by atoms with Gasteiger partial charge in [0.25, 0.3) is 5.69 Å². The number of hydrogen-bond acceptors (Lipinski definition) is 5. The van der Waals surface area contributed by atoms with E-state index < -0.39 is 15.0 Å². The van der Waals surface area contributed by atoms with Gasteiger partial charge in [0.15, 0.2) is 0 Å². The number of nitro benzene ring substituents is 1. The highest BCUT2D eigenvalue weighted by Crippen LogP contribution is 2.20. The quantitative estimate of drug-likeness (QED) is 0.447. The maximum Gasteiger partial charge on any atom is 0.309 e. The van der Waals surface area contributed by atoms with E-state index in [0.717, 1.165) is 6.07 Å². The molecule has 1 aromatic rings. The van der Waals surface area contributed by atoms with E-state index in [4.69, 9.17) is 4.18 Å². The summed E-state index contributed by atoms with van der Waals surface area (Å²) in [6.07, 6.45) is 0.428. The van der Waals surface area contributed by atoms with Gasteiger partial charge in [-0.1, -0.05) is 13.0 Å². The monoisotopic (exact) mass is 245 g/mol. The lowest BCUT2D eigenvalue weighted by Crippen LogP contribution is -2.13. The van der Waals surface area contributed by atoms with Crippen LogP contribution in [-0.2, 0) is 10.1 Å². The van der Waals surface area contributed by atoms with Crippen molar-refractivity contribution >= 4 is 15.8 Å². The predicted octanol–water partition coefficient (Wildman–Crippen LogP) is 1.71. The summed E-state index contributed by atoms with van der Waals surface area (Å²) in [7, 11) is -3.65. The SMILES string of the molecule is CCCS(=O)(=O)Oc1cccc([N+](=O)[O-])c1. The summed E-state index contributed by atoms with van der Waals surface area (Å²) in [5.41, 5.74) is -0.204. The maximum atomic E-state index is 11.3. The lowest BCUT2D eigenvalue weighted by molar-refractivity contribution is -0.384. The minimum absolute atomic E-state index is 0.0392. The Morgan fingerprint density at radius 3 is 2.69 bits per heavy atom. The first-order valence-corrected chi connectivity index (χ1v) is 6.19. The van der Waals surface area contributed by atoms with E-state index in [1.807, 2.05) is 0 Å². The Labute approximate surface area is 93.1 Å². The molecule has 0 aliphatic rings. The molecule has 0 saturated heterocycles. The van der Waals surface area contributed by atoms with E-state index in [-0.39, 0.29) is 17.2 Å². The largest absolute Gasteiger partial charge is 0.382 e. The third-order valence-electron chi connectivity index (χ3n) is 1.71. The van der Waals surface area contributed by atoms with Crippen LogP contribution in [0.3, 0.4) is 0 Å². The number of non-ortho nitro benzene ring substituents is 1. The Kier molecular flexibility index (Phi) is 3.83. The molecule has 0 bridgehead atoms. The summed E-state index contributed by atoms with van der Waals surface area (Å²) < 4.78 is 27.3. The second-order valence-corrected chi connectivity index (χ2v) is 4.79. The van der Waals surface area contributed by atoms with Crippen molar-refractivity contribution in [3.05, 3.63) is 34.4 Å². The van der Waals surface area contributed by atoms with Crippen molar-refractivity contribution in [2.45, 2.75) is 13.3 Å². The molecule has 7 heteroatoms. The standard InChI is InChI=1S/C9H11NO5S/c1-2-6-16(13,14)15-9-5-3-4-8(7-9)10(11)12/h3-5,7H,2,6H2,1H3. The average Bonchev–Trinajstić information content (AvgIpc) is 2.17. The highest BCUT2D eigenvalue weighted by atomic mass is 32.2. The molecule has 0 aromatic heterocycles. The fourth-order valence-electron chi connectivity index (χ4n) is 1.09. The molecule has 0 N–H and O–H groups in total. The van der Waals surface area contributed by atoms with Gasteiger partial charge < -0.3 is 4.18 Å². The van der Waals surface area contributed by atoms with Crippen LogP contribution in [0.4, 0.5) is 5.69 Å². The molecule has 1 aromatic carbocycles. The van der Waals surface area contributed by atoms with Gasteiger partial charge in [-0.15, -0.1) is 0 Å². The lowest BCUT2D eigenvalue weighted by Gasteiger charge is -2.04. The molecule has 1 rings (SSSR count). The van der Waals surface area contributed by atoms with Crippen molar-refractivity contribution in [2.75, 3.05) is 5.75 Å². The second-order valence-electron chi connectivity index (χ2n) is 3.10. The normalized spacial score (nSPS) is 11.1. The zero-order chi connectivity index (χ0) is 12.2. The maximum absolute atomic E-state index is 11.3. The second kappa shape index (κ2) is 4.93. The molecule has 0 amide bonds. The summed E-state index contributed by atoms with van der Waals surface area (Å²) in [6, 6.07) is 5.07. The topological polar surface area (TPSA) is 86.5 Å². The van der Waals surface area contributed by atoms with Crippen LogP contribution in [0.2, 0.25) is 0 Å². The Morgan fingerprint density at radius 1 is 1.44 bits per heavy atom. The molecule has 0 radical (unpaired) electrons. The summed E-state index contributed by atoms with van der Waals surface area (Å²) >= 11 is 0. The van der Waals surface area contributed by atoms with Crippen molar-refractivity contribution in [1.29, 1.82) is 0 Å². The van der Waals surface area contributed by atoms with E-state index in [1.54, 1.807) is 6.92 Å². The van der Waals surface area contributed by atoms with Crippen LogP contribution in [0.5, 0.6) is 5.75 Å². The summed E-state index contributed by atoms with van der Waals surface area (Å²) in [5, 5.41) is 10.4. The van der Waals surface area contributed by atoms with Gasteiger partial charge >= 0.3 is 10.1 Å². The minimum Gasteiger partial charge on any atom is -0.382 e. The molecule has 16 heavy (non-hydrogen) atoms. The van der Waals surface area contributed by atoms with E-state index in [1.165, 1.54) is 18.2 Å². The van der Waals surface area contributed by atoms with Crippen molar-refractivity contribution in [3.8, 4) is 5.75 Å². The van der Waals surface area contributed by atoms with Crippen LogP contribution in [0.25, 0.3) is 0 Å². The molecule has 0 fully saturated rings. The molecule has 6 nitrogen and oxygen atoms in total. The first-order valence-electron chi connectivity index (χ1n) is 4.61. The van der Waals surface area contributed by atoms with Crippen molar-refractivity contribution in [1.82, 2.24) is 0 Å². The predicted molar refractivity (Wildman–Crippen MR) is 57.8 cm³/mol. The molecule has 0 atom stereocenters. The van der Waals surface area contributed by atoms with Gasteiger partial charge in [0, 0.05) is 6.07 Å². The molecule has 0 heterocycles. The minimum atomic E-state index is -3.65. The summed E-state index contributed by atoms with van der Waals surface area (Å²) in [5.74, 6) is -0.155. The smallest absolute Gasteiger partial charge is 0.309 e. The Morgan fingerprint density at radius 2 is 2.12 bits per heavy atom. The highest BCUT2D eigenvalue weighted by Gasteiger charge is 2.13. The van der Waals surface area contributed by atoms with Gasteiger partial charge in [-0.25, -0.2) is 0 Å². The molecular weight excluding hydrogens is 234 g/mol. The molecular formula is C9H11NO5S. The fraction of sp³-hybridized carbons (Fsp3) is 0.333. The van der Waals surface area contributed by atoms with Crippen LogP contribution in [-0.4, -0.2) is 19.1 Å². The highest BCUT2D eigenvalue weighted by molar-refractivity contribution is 7.87. The average molecular weight is 245 g/mol. The van der Waals surface area contributed by atoms with Gasteiger partial charge in [0.1, 0.15) is 5.75 Å². The molecule has 0 spiro atoms. The van der Waals surface area contributed by atoms with Gasteiger partial charge in [-0.3, -0.25) is 10.1 Å². The third-order valence-corrected chi connectivity index (χ3v) is 3.06. The lowest BCUT2D eigenvalue weighted by atomic mass is 10.3.